The molecule has 3 nitrogen and oxygen atoms in total. The van der Waals surface area contributed by atoms with Gasteiger partial charge in [0.2, 0.25) is 0 Å². The summed E-state index contributed by atoms with van der Waals surface area (Å²) in [6.45, 7) is 1.99. The molecule has 3 heteroatoms. The number of ether oxygens (including phenoxy) is 1. The van der Waals surface area contributed by atoms with Crippen LogP contribution < -0.4 is 5.32 Å². The molecule has 1 aliphatic rings. The Kier molecular flexibility index (Phi) is 8.93. The Morgan fingerprint density at radius 1 is 1.28 bits per heavy atom. The molecule has 0 spiro atoms. The van der Waals surface area contributed by atoms with Crippen molar-refractivity contribution in [1.82, 2.24) is 5.32 Å². The van der Waals surface area contributed by atoms with Gasteiger partial charge in [-0.15, -0.1) is 12.3 Å². The third kappa shape index (κ3) is 7.71. The third-order valence-corrected chi connectivity index (χ3v) is 3.38. The van der Waals surface area contributed by atoms with Crippen molar-refractivity contribution in [3.63, 3.8) is 0 Å². The quantitative estimate of drug-likeness (QED) is 0.488. The van der Waals surface area contributed by atoms with E-state index in [-0.39, 0.29) is 6.10 Å². The summed E-state index contributed by atoms with van der Waals surface area (Å²) in [5.74, 6) is 2.63. The zero-order valence-corrected chi connectivity index (χ0v) is 11.4. The lowest BCUT2D eigenvalue weighted by atomic mass is 9.98. The van der Waals surface area contributed by atoms with Crippen LogP contribution in [0, 0.1) is 12.3 Å². The molecule has 1 atom stereocenters. The van der Waals surface area contributed by atoms with Crippen molar-refractivity contribution in [2.24, 2.45) is 0 Å². The molecule has 1 aliphatic carbocycles. The summed E-state index contributed by atoms with van der Waals surface area (Å²) in [5.41, 5.74) is 0. The van der Waals surface area contributed by atoms with Crippen LogP contribution in [0.1, 0.15) is 51.4 Å². The molecule has 1 saturated carbocycles. The molecule has 0 saturated heterocycles. The van der Waals surface area contributed by atoms with Crippen LogP contribution in [0.5, 0.6) is 0 Å². The highest BCUT2D eigenvalue weighted by Gasteiger charge is 2.15. The van der Waals surface area contributed by atoms with Crippen LogP contribution in [-0.2, 0) is 4.74 Å². The van der Waals surface area contributed by atoms with Crippen molar-refractivity contribution in [1.29, 1.82) is 0 Å². The van der Waals surface area contributed by atoms with E-state index in [1.165, 1.54) is 19.3 Å². The lowest BCUT2D eigenvalue weighted by molar-refractivity contribution is -0.0229. The number of aliphatic hydroxyl groups excluding tert-OH is 1. The standard InChI is InChI=1S/C15H27NO2/c1-2-3-4-8-11-16-12-14(17)13-18-15-9-6-5-7-10-15/h1,14-17H,3-13H2. The van der Waals surface area contributed by atoms with E-state index in [1.807, 2.05) is 0 Å². The van der Waals surface area contributed by atoms with E-state index in [4.69, 9.17) is 11.2 Å². The van der Waals surface area contributed by atoms with Crippen LogP contribution in [0.2, 0.25) is 0 Å². The topological polar surface area (TPSA) is 41.5 Å². The second-order valence-corrected chi connectivity index (χ2v) is 5.11. The lowest BCUT2D eigenvalue weighted by Crippen LogP contribution is -2.33. The minimum absolute atomic E-state index is 0.379. The summed E-state index contributed by atoms with van der Waals surface area (Å²) in [4.78, 5) is 0. The summed E-state index contributed by atoms with van der Waals surface area (Å²) in [6, 6.07) is 0. The van der Waals surface area contributed by atoms with E-state index >= 15 is 0 Å². The third-order valence-electron chi connectivity index (χ3n) is 3.38. The molecule has 18 heavy (non-hydrogen) atoms. The largest absolute Gasteiger partial charge is 0.389 e. The molecule has 104 valence electrons. The predicted molar refractivity (Wildman–Crippen MR) is 74.4 cm³/mol. The molecule has 0 bridgehead atoms. The molecule has 0 aromatic rings. The van der Waals surface area contributed by atoms with Gasteiger partial charge in [-0.05, 0) is 32.2 Å². The van der Waals surface area contributed by atoms with Gasteiger partial charge in [0.1, 0.15) is 0 Å². The fourth-order valence-electron chi connectivity index (χ4n) is 2.28. The van der Waals surface area contributed by atoms with E-state index in [0.717, 1.165) is 38.6 Å². The molecule has 0 heterocycles. The predicted octanol–water partition coefficient (Wildman–Crippen LogP) is 2.09. The van der Waals surface area contributed by atoms with Crippen LogP contribution >= 0.6 is 0 Å². The number of aliphatic hydroxyl groups is 1. The Morgan fingerprint density at radius 2 is 2.06 bits per heavy atom. The Hall–Kier alpha value is -0.560. The molecule has 1 fully saturated rings. The molecule has 0 aromatic heterocycles. The number of terminal acetylenes is 1. The molecule has 0 amide bonds. The highest BCUT2D eigenvalue weighted by molar-refractivity contribution is 4.82. The van der Waals surface area contributed by atoms with Gasteiger partial charge in [-0.2, -0.15) is 0 Å². The zero-order valence-electron chi connectivity index (χ0n) is 11.4. The van der Waals surface area contributed by atoms with Crippen molar-refractivity contribution in [3.05, 3.63) is 0 Å². The summed E-state index contributed by atoms with van der Waals surface area (Å²) >= 11 is 0. The fraction of sp³-hybridized carbons (Fsp3) is 0.867. The maximum Gasteiger partial charge on any atom is 0.0897 e. The smallest absolute Gasteiger partial charge is 0.0897 e. The molecule has 0 aliphatic heterocycles. The summed E-state index contributed by atoms with van der Waals surface area (Å²) < 4.78 is 5.72. The van der Waals surface area contributed by atoms with Gasteiger partial charge in [-0.25, -0.2) is 0 Å². The van der Waals surface area contributed by atoms with E-state index < -0.39 is 0 Å². The molecule has 0 radical (unpaired) electrons. The van der Waals surface area contributed by atoms with Crippen molar-refractivity contribution in [3.8, 4) is 12.3 Å². The lowest BCUT2D eigenvalue weighted by Gasteiger charge is -2.23. The van der Waals surface area contributed by atoms with Gasteiger partial charge < -0.3 is 15.2 Å². The van der Waals surface area contributed by atoms with E-state index in [2.05, 4.69) is 11.2 Å². The van der Waals surface area contributed by atoms with Crippen LogP contribution in [0.4, 0.5) is 0 Å². The zero-order chi connectivity index (χ0) is 13.1. The van der Waals surface area contributed by atoms with E-state index in [9.17, 15) is 5.11 Å². The van der Waals surface area contributed by atoms with Crippen LogP contribution in [0.25, 0.3) is 0 Å². The van der Waals surface area contributed by atoms with Crippen molar-refractivity contribution >= 4 is 0 Å². The number of unbranched alkanes of at least 4 members (excludes halogenated alkanes) is 2. The van der Waals surface area contributed by atoms with Crippen molar-refractivity contribution in [2.75, 3.05) is 19.7 Å². The number of hydrogen-bond donors (Lipinski definition) is 2. The first-order chi connectivity index (χ1) is 8.83. The fourth-order valence-corrected chi connectivity index (χ4v) is 2.28. The van der Waals surface area contributed by atoms with Gasteiger partial charge in [0.05, 0.1) is 18.8 Å². The van der Waals surface area contributed by atoms with Gasteiger partial charge in [0.15, 0.2) is 0 Å². The minimum atomic E-state index is -0.389. The molecular formula is C15H27NO2. The number of nitrogens with one attached hydrogen (secondary N) is 1. The molecule has 1 rings (SSSR count). The Bertz CT molecular complexity index is 231. The molecule has 2 N–H and O–H groups in total. The Labute approximate surface area is 111 Å². The van der Waals surface area contributed by atoms with E-state index in [1.54, 1.807) is 0 Å². The average molecular weight is 253 g/mol. The Morgan fingerprint density at radius 3 is 2.78 bits per heavy atom. The maximum atomic E-state index is 9.76. The van der Waals surface area contributed by atoms with E-state index in [0.29, 0.717) is 19.3 Å². The van der Waals surface area contributed by atoms with Gasteiger partial charge in [0.25, 0.3) is 0 Å². The Balaban J connectivity index is 1.90. The van der Waals surface area contributed by atoms with Crippen molar-refractivity contribution < 1.29 is 9.84 Å². The first-order valence-electron chi connectivity index (χ1n) is 7.26. The SMILES string of the molecule is C#CCCCCNCC(O)COC1CCCCC1. The summed E-state index contributed by atoms with van der Waals surface area (Å²) in [5, 5.41) is 13.0. The number of hydrogen-bond acceptors (Lipinski definition) is 3. The first-order valence-corrected chi connectivity index (χ1v) is 7.26. The van der Waals surface area contributed by atoms with Gasteiger partial charge in [-0.1, -0.05) is 19.3 Å². The average Bonchev–Trinajstić information content (AvgIpc) is 2.41. The second kappa shape index (κ2) is 10.4. The monoisotopic (exact) mass is 253 g/mol. The van der Waals surface area contributed by atoms with Crippen molar-refractivity contribution in [2.45, 2.75) is 63.6 Å². The van der Waals surface area contributed by atoms with Crippen LogP contribution in [0.3, 0.4) is 0 Å². The van der Waals surface area contributed by atoms with Crippen LogP contribution in [-0.4, -0.2) is 37.0 Å². The van der Waals surface area contributed by atoms with Gasteiger partial charge in [-0.3, -0.25) is 0 Å². The van der Waals surface area contributed by atoms with Gasteiger partial charge in [0, 0.05) is 13.0 Å². The first kappa shape index (κ1) is 15.5. The number of rotatable bonds is 9. The molecule has 1 unspecified atom stereocenters. The van der Waals surface area contributed by atoms with Crippen LogP contribution in [0.15, 0.2) is 0 Å². The molecular weight excluding hydrogens is 226 g/mol. The summed E-state index contributed by atoms with van der Waals surface area (Å²) in [6.07, 6.45) is 14.3. The second-order valence-electron chi connectivity index (χ2n) is 5.11. The summed E-state index contributed by atoms with van der Waals surface area (Å²) in [7, 11) is 0. The normalized spacial score (nSPS) is 18.4. The maximum absolute atomic E-state index is 9.76. The highest BCUT2D eigenvalue weighted by atomic mass is 16.5. The minimum Gasteiger partial charge on any atom is -0.389 e. The molecule has 0 aromatic carbocycles. The highest BCUT2D eigenvalue weighted by Crippen LogP contribution is 2.20. The van der Waals surface area contributed by atoms with Gasteiger partial charge >= 0.3 is 0 Å².